The Kier molecular flexibility index (Phi) is 47.9. The standard InChI is InChI=1S/2C9H20O3.4C3H4O2/c2*1-2-3-4-5-9(6-10,7-11)8-12;4*1-2-3(4)5/h2*10-12H,2-8H2,1H3;4*2H,1H2,(H,4,5). The zero-order valence-electron chi connectivity index (χ0n) is 26.1. The molecule has 0 saturated carbocycles. The highest BCUT2D eigenvalue weighted by Crippen LogP contribution is 2.24. The van der Waals surface area contributed by atoms with Crippen molar-refractivity contribution in [3.63, 3.8) is 0 Å². The first-order valence-electron chi connectivity index (χ1n) is 13.6. The summed E-state index contributed by atoms with van der Waals surface area (Å²) in [5.41, 5.74) is -1.32. The topological polar surface area (TPSA) is 271 Å². The Balaban J connectivity index is -0.000000104. The van der Waals surface area contributed by atoms with Crippen molar-refractivity contribution in [2.75, 3.05) is 39.6 Å². The monoisotopic (exact) mass is 640 g/mol. The van der Waals surface area contributed by atoms with Crippen molar-refractivity contribution in [3.8, 4) is 0 Å². The number of aliphatic carboxylic acids is 4. The van der Waals surface area contributed by atoms with Crippen molar-refractivity contribution in [2.24, 2.45) is 10.8 Å². The van der Waals surface area contributed by atoms with Gasteiger partial charge < -0.3 is 51.1 Å². The van der Waals surface area contributed by atoms with E-state index in [1.54, 1.807) is 0 Å². The quantitative estimate of drug-likeness (QED) is 0.0759. The normalized spacial score (nSPS) is 9.45. The second kappa shape index (κ2) is 39.6. The molecular weight excluding hydrogens is 584 g/mol. The average molecular weight is 641 g/mol. The van der Waals surface area contributed by atoms with E-state index in [1.165, 1.54) is 0 Å². The van der Waals surface area contributed by atoms with Gasteiger partial charge in [0.2, 0.25) is 0 Å². The minimum absolute atomic E-state index is 0.135. The van der Waals surface area contributed by atoms with Gasteiger partial charge in [-0.1, -0.05) is 78.7 Å². The van der Waals surface area contributed by atoms with Gasteiger partial charge >= 0.3 is 23.9 Å². The number of aliphatic hydroxyl groups excluding tert-OH is 6. The highest BCUT2D eigenvalue weighted by Gasteiger charge is 2.27. The average Bonchev–Trinajstić information content (AvgIpc) is 3.03. The van der Waals surface area contributed by atoms with Gasteiger partial charge in [-0.05, 0) is 12.8 Å². The lowest BCUT2D eigenvalue weighted by molar-refractivity contribution is -0.132. The van der Waals surface area contributed by atoms with Gasteiger partial charge in [-0.25, -0.2) is 19.2 Å². The lowest BCUT2D eigenvalue weighted by Crippen LogP contribution is -2.33. The predicted octanol–water partition coefficient (Wildman–Crippen LogP) is 2.09. The Hall–Kier alpha value is -3.40. The second-order valence-corrected chi connectivity index (χ2v) is 9.03. The maximum Gasteiger partial charge on any atom is 0.327 e. The van der Waals surface area contributed by atoms with Crippen LogP contribution in [0.25, 0.3) is 0 Å². The molecule has 14 heteroatoms. The van der Waals surface area contributed by atoms with E-state index >= 15 is 0 Å². The molecular formula is C30H56O14. The molecule has 0 rings (SSSR count). The van der Waals surface area contributed by atoms with Crippen LogP contribution in [0.2, 0.25) is 0 Å². The minimum atomic E-state index is -0.981. The van der Waals surface area contributed by atoms with Crippen molar-refractivity contribution >= 4 is 23.9 Å². The fourth-order valence-corrected chi connectivity index (χ4v) is 2.27. The van der Waals surface area contributed by atoms with E-state index in [-0.39, 0.29) is 39.6 Å². The van der Waals surface area contributed by atoms with E-state index in [9.17, 15) is 19.2 Å². The van der Waals surface area contributed by atoms with Crippen LogP contribution >= 0.6 is 0 Å². The van der Waals surface area contributed by atoms with Crippen molar-refractivity contribution in [1.29, 1.82) is 0 Å². The summed E-state index contributed by atoms with van der Waals surface area (Å²) in [6, 6.07) is 0. The molecule has 10 N–H and O–H groups in total. The first kappa shape index (κ1) is 53.2. The Morgan fingerprint density at radius 3 is 0.705 bits per heavy atom. The van der Waals surface area contributed by atoms with E-state index in [4.69, 9.17) is 51.1 Å². The first-order valence-corrected chi connectivity index (χ1v) is 13.6. The van der Waals surface area contributed by atoms with Crippen molar-refractivity contribution in [2.45, 2.75) is 65.2 Å². The minimum Gasteiger partial charge on any atom is -0.478 e. The van der Waals surface area contributed by atoms with Crippen LogP contribution < -0.4 is 0 Å². The Morgan fingerprint density at radius 1 is 0.455 bits per heavy atom. The Labute approximate surface area is 260 Å². The molecule has 0 aliphatic carbocycles. The van der Waals surface area contributed by atoms with Crippen molar-refractivity contribution < 1.29 is 70.2 Å². The van der Waals surface area contributed by atoms with Crippen LogP contribution in [0.4, 0.5) is 0 Å². The van der Waals surface area contributed by atoms with Crippen LogP contribution in [0.3, 0.4) is 0 Å². The van der Waals surface area contributed by atoms with Gasteiger partial charge in [0.25, 0.3) is 0 Å². The fraction of sp³-hybridized carbons (Fsp3) is 0.600. The summed E-state index contributed by atoms with van der Waals surface area (Å²) in [5, 5.41) is 84.2. The predicted molar refractivity (Wildman–Crippen MR) is 167 cm³/mol. The third-order valence-electron chi connectivity index (χ3n) is 5.33. The van der Waals surface area contributed by atoms with Crippen LogP contribution in [-0.2, 0) is 19.2 Å². The molecule has 260 valence electrons. The van der Waals surface area contributed by atoms with Gasteiger partial charge in [0.1, 0.15) is 0 Å². The maximum absolute atomic E-state index is 9.25. The van der Waals surface area contributed by atoms with Crippen LogP contribution in [0.5, 0.6) is 0 Å². The number of carbonyl (C=O) groups is 4. The smallest absolute Gasteiger partial charge is 0.327 e. The van der Waals surface area contributed by atoms with Crippen LogP contribution in [0.15, 0.2) is 50.6 Å². The molecule has 0 bridgehead atoms. The highest BCUT2D eigenvalue weighted by atomic mass is 16.4. The number of rotatable bonds is 18. The summed E-state index contributed by atoms with van der Waals surface area (Å²) in [6.07, 6.45) is 11.0. The third kappa shape index (κ3) is 45.6. The first-order chi connectivity index (χ1) is 20.6. The van der Waals surface area contributed by atoms with Crippen LogP contribution in [0, 0.1) is 10.8 Å². The summed E-state index contributed by atoms with van der Waals surface area (Å²) in [4.78, 5) is 37.0. The van der Waals surface area contributed by atoms with Crippen molar-refractivity contribution in [3.05, 3.63) is 50.6 Å². The number of hydrogen-bond donors (Lipinski definition) is 10. The van der Waals surface area contributed by atoms with E-state index in [1.807, 2.05) is 0 Å². The van der Waals surface area contributed by atoms with Gasteiger partial charge in [-0.15, -0.1) is 0 Å². The largest absolute Gasteiger partial charge is 0.478 e. The van der Waals surface area contributed by atoms with Gasteiger partial charge in [0.05, 0.1) is 39.6 Å². The molecule has 0 spiro atoms. The summed E-state index contributed by atoms with van der Waals surface area (Å²) in [7, 11) is 0. The SMILES string of the molecule is C=CC(=O)O.C=CC(=O)O.C=CC(=O)O.C=CC(=O)O.CCCCCC(CO)(CO)CO.CCCCCC(CO)(CO)CO. The van der Waals surface area contributed by atoms with Gasteiger partial charge in [-0.2, -0.15) is 0 Å². The zero-order valence-corrected chi connectivity index (χ0v) is 26.1. The molecule has 0 fully saturated rings. The highest BCUT2D eigenvalue weighted by molar-refractivity contribution is 5.79. The molecule has 0 amide bonds. The molecule has 0 atom stereocenters. The Morgan fingerprint density at radius 2 is 0.614 bits per heavy atom. The van der Waals surface area contributed by atoms with E-state index in [2.05, 4.69) is 40.2 Å². The van der Waals surface area contributed by atoms with E-state index in [0.29, 0.717) is 12.8 Å². The number of unbranched alkanes of at least 4 members (excludes halogenated alkanes) is 4. The molecule has 0 aliphatic heterocycles. The van der Waals surface area contributed by atoms with Gasteiger partial charge in [0.15, 0.2) is 0 Å². The molecule has 0 unspecified atom stereocenters. The molecule has 0 aromatic rings. The number of aliphatic hydroxyl groups is 6. The molecule has 0 saturated heterocycles. The maximum atomic E-state index is 9.25. The zero-order chi connectivity index (χ0) is 36.0. The molecule has 0 heterocycles. The molecule has 0 aliphatic rings. The molecule has 44 heavy (non-hydrogen) atoms. The van der Waals surface area contributed by atoms with Crippen LogP contribution in [0.1, 0.15) is 65.2 Å². The third-order valence-corrected chi connectivity index (χ3v) is 5.33. The summed E-state index contributed by atoms with van der Waals surface area (Å²) in [6.45, 7) is 15.2. The number of carboxylic acids is 4. The number of hydrogen-bond acceptors (Lipinski definition) is 10. The lowest BCUT2D eigenvalue weighted by atomic mass is 9.85. The summed E-state index contributed by atoms with van der Waals surface area (Å²) in [5.74, 6) is -3.93. The fourth-order valence-electron chi connectivity index (χ4n) is 2.27. The van der Waals surface area contributed by atoms with Crippen LogP contribution in [-0.4, -0.2) is 115 Å². The molecule has 0 aromatic heterocycles. The lowest BCUT2D eigenvalue weighted by Gasteiger charge is -2.26. The summed E-state index contributed by atoms with van der Waals surface area (Å²) >= 11 is 0. The number of carboxylic acid groups (broad SMARTS) is 4. The molecule has 14 nitrogen and oxygen atoms in total. The van der Waals surface area contributed by atoms with E-state index < -0.39 is 34.7 Å². The second-order valence-electron chi connectivity index (χ2n) is 9.03. The molecule has 0 aromatic carbocycles. The van der Waals surface area contributed by atoms with Gasteiger partial charge in [0, 0.05) is 35.1 Å². The van der Waals surface area contributed by atoms with E-state index in [0.717, 1.165) is 62.8 Å². The van der Waals surface area contributed by atoms with Gasteiger partial charge in [-0.3, -0.25) is 0 Å². The molecule has 0 radical (unpaired) electrons. The summed E-state index contributed by atoms with van der Waals surface area (Å²) < 4.78 is 0. The Bertz CT molecular complexity index is 627. The van der Waals surface area contributed by atoms with Crippen molar-refractivity contribution in [1.82, 2.24) is 0 Å².